The van der Waals surface area contributed by atoms with Crippen LogP contribution in [0.15, 0.2) is 177 Å². The molecule has 0 radical (unpaired) electrons. The fourth-order valence-electron chi connectivity index (χ4n) is 12.9. The molecule has 10 rings (SSSR count). The summed E-state index contributed by atoms with van der Waals surface area (Å²) in [5, 5.41) is 0. The summed E-state index contributed by atoms with van der Waals surface area (Å²) in [6.45, 7) is 53.2. The van der Waals surface area contributed by atoms with Gasteiger partial charge in [0.25, 0.3) is 0 Å². The summed E-state index contributed by atoms with van der Waals surface area (Å²) in [6, 6.07) is 51.6. The van der Waals surface area contributed by atoms with E-state index in [0.29, 0.717) is 5.56 Å². The standard InChI is InChI=1S/2C19H26N.2C18H24N.C17H22N/c2*1-13-8-9-16(14(2)10-13)18-11-15(3)17(12-20(18)7)19(4,5)6;1-13-7-9-16(14(2)11-13)17-10-8-15(12-19(17)6)18(3,4)5;1-13-9-7-8-10-15(13)17-11-14(2)16(12-19(17)6)18(3,4)5;1-13-8-6-7-9-15(13)16-11-10-14(12-18(16)5)17(2,3)4/h2*8-12H,1-7H3;2*7-12H,1-6H3;6-12H,1-5H3/q5*+1/i1D3;;;;. The topological polar surface area (TPSA) is 19.4 Å². The molecule has 0 saturated heterocycles. The molecule has 96 heavy (non-hydrogen) atoms. The van der Waals surface area contributed by atoms with E-state index in [-0.39, 0.29) is 27.1 Å². The first-order valence-electron chi connectivity index (χ1n) is 36.0. The first-order chi connectivity index (χ1) is 45.6. The summed E-state index contributed by atoms with van der Waals surface area (Å²) < 4.78 is 33.7. The van der Waals surface area contributed by atoms with Crippen molar-refractivity contribution in [1.82, 2.24) is 0 Å². The fourth-order valence-corrected chi connectivity index (χ4v) is 12.9. The molecule has 5 aromatic carbocycles. The number of aromatic nitrogens is 5. The van der Waals surface area contributed by atoms with Gasteiger partial charge in [-0.1, -0.05) is 193 Å². The highest BCUT2D eigenvalue weighted by Gasteiger charge is 2.27. The van der Waals surface area contributed by atoms with Crippen molar-refractivity contribution in [3.63, 3.8) is 0 Å². The van der Waals surface area contributed by atoms with E-state index in [0.717, 1.165) is 16.8 Å². The second-order valence-electron chi connectivity index (χ2n) is 32.5. The first-order valence-corrected chi connectivity index (χ1v) is 34.5. The maximum atomic E-state index is 7.55. The lowest BCUT2D eigenvalue weighted by atomic mass is 9.84. The van der Waals surface area contributed by atoms with Crippen LogP contribution >= 0.6 is 0 Å². The third-order valence-corrected chi connectivity index (χ3v) is 18.5. The Morgan fingerprint density at radius 3 is 0.771 bits per heavy atom. The second-order valence-corrected chi connectivity index (χ2v) is 32.5. The van der Waals surface area contributed by atoms with E-state index < -0.39 is 6.85 Å². The van der Waals surface area contributed by atoms with Crippen molar-refractivity contribution in [2.75, 3.05) is 0 Å². The highest BCUT2D eigenvalue weighted by Crippen LogP contribution is 2.33. The Hall–Kier alpha value is -8.15. The van der Waals surface area contributed by atoms with Gasteiger partial charge in [0.15, 0.2) is 31.0 Å². The van der Waals surface area contributed by atoms with Gasteiger partial charge in [-0.2, -0.15) is 0 Å². The maximum absolute atomic E-state index is 7.55. The van der Waals surface area contributed by atoms with Crippen molar-refractivity contribution in [3.8, 4) is 56.3 Å². The zero-order chi connectivity index (χ0) is 74.4. The summed E-state index contributed by atoms with van der Waals surface area (Å²) in [6.07, 6.45) is 11.2. The molecule has 0 atom stereocenters. The molecule has 5 nitrogen and oxygen atoms in total. The van der Waals surface area contributed by atoms with Gasteiger partial charge in [-0.3, -0.25) is 0 Å². The lowest BCUT2D eigenvalue weighted by Crippen LogP contribution is -2.34. The quantitative estimate of drug-likeness (QED) is 0.153. The number of hydrogen-bond donors (Lipinski definition) is 0. The SMILES string of the molecule is Cc1ccc(-c2cc(C)c(C(C)(C)C)c[n+]2C)c(C)c1.Cc1ccc(-c2ccc(C(C)(C)C)c[n+]2C)c(C)c1.Cc1ccccc1-c1cc(C)c(C(C)(C)C)c[n+]1C.Cc1ccccc1-c1ccc(C(C)(C)C)c[n+]1C.[2H]C([2H])([2H])c1ccc(-c2cc(C)c(C(C)(C)C)c[n+]2C)c(C)c1. The Bertz CT molecular complexity index is 4490. The minimum atomic E-state index is -2.06. The minimum Gasteiger partial charge on any atom is -0.201 e. The van der Waals surface area contributed by atoms with Crippen LogP contribution in [0.3, 0.4) is 0 Å². The molecule has 0 saturated carbocycles. The van der Waals surface area contributed by atoms with Crippen molar-refractivity contribution in [3.05, 3.63) is 266 Å². The molecule has 0 spiro atoms. The van der Waals surface area contributed by atoms with Crippen molar-refractivity contribution in [2.45, 2.75) is 207 Å². The van der Waals surface area contributed by atoms with Gasteiger partial charge in [-0.15, -0.1) is 0 Å². The average Bonchev–Trinajstić information content (AvgIpc) is 0.813. The number of nitrogens with zero attached hydrogens (tertiary/aromatic N) is 5. The molecule has 0 aliphatic heterocycles. The number of rotatable bonds is 5. The lowest BCUT2D eigenvalue weighted by molar-refractivity contribution is -0.661. The zero-order valence-electron chi connectivity index (χ0n) is 68.0. The molecule has 0 unspecified atom stereocenters. The number of benzene rings is 5. The molecule has 5 heteroatoms. The van der Waals surface area contributed by atoms with Crippen molar-refractivity contribution in [1.29, 1.82) is 0 Å². The predicted octanol–water partition coefficient (Wildman–Crippen LogP) is 20.8. The molecule has 0 aliphatic rings. The zero-order valence-corrected chi connectivity index (χ0v) is 65.0. The second kappa shape index (κ2) is 30.9. The molecule has 0 fully saturated rings. The Morgan fingerprint density at radius 2 is 0.500 bits per heavy atom. The van der Waals surface area contributed by atoms with Gasteiger partial charge in [0.1, 0.15) is 35.2 Å². The molecular formula is C91H122N5+5. The van der Waals surface area contributed by atoms with Gasteiger partial charge in [-0.25, -0.2) is 22.8 Å². The van der Waals surface area contributed by atoms with Crippen LogP contribution in [0.5, 0.6) is 0 Å². The van der Waals surface area contributed by atoms with E-state index in [1.165, 1.54) is 123 Å². The molecule has 506 valence electrons. The molecular weight excluding hydrogens is 1160 g/mol. The average molecular weight is 1290 g/mol. The Kier molecular flexibility index (Phi) is 23.2. The van der Waals surface area contributed by atoms with E-state index in [1.807, 2.05) is 20.0 Å². The van der Waals surface area contributed by atoms with Crippen LogP contribution in [-0.2, 0) is 62.3 Å². The minimum absolute atomic E-state index is 0.0978. The third kappa shape index (κ3) is 19.8. The molecule has 0 bridgehead atoms. The van der Waals surface area contributed by atoms with Crippen molar-refractivity contribution in [2.24, 2.45) is 35.2 Å². The number of pyridine rings is 5. The van der Waals surface area contributed by atoms with Gasteiger partial charge >= 0.3 is 0 Å². The van der Waals surface area contributed by atoms with E-state index >= 15 is 0 Å². The number of aryl methyl sites for hydroxylation is 16. The maximum Gasteiger partial charge on any atom is 0.212 e. The Balaban J connectivity index is 0.000000196. The van der Waals surface area contributed by atoms with Crippen LogP contribution in [-0.4, -0.2) is 0 Å². The molecule has 10 aromatic rings. The van der Waals surface area contributed by atoms with Gasteiger partial charge in [0.2, 0.25) is 28.5 Å². The van der Waals surface area contributed by atoms with Crippen molar-refractivity contribution >= 4 is 0 Å². The van der Waals surface area contributed by atoms with Crippen LogP contribution in [0, 0.1) is 76.1 Å². The summed E-state index contributed by atoms with van der Waals surface area (Å²) in [4.78, 5) is 0. The monoisotopic (exact) mass is 1290 g/mol. The van der Waals surface area contributed by atoms with E-state index in [2.05, 4.69) is 376 Å². The lowest BCUT2D eigenvalue weighted by Gasteiger charge is -2.20. The van der Waals surface area contributed by atoms with Crippen molar-refractivity contribution < 1.29 is 26.9 Å². The molecule has 0 N–H and O–H groups in total. The fraction of sp³-hybridized carbons (Fsp3) is 0.396. The Labute approximate surface area is 587 Å². The van der Waals surface area contributed by atoms with Crippen LogP contribution in [0.2, 0.25) is 0 Å². The van der Waals surface area contributed by atoms with Gasteiger partial charge in [0, 0.05) is 90.1 Å². The summed E-state index contributed by atoms with van der Waals surface area (Å²) in [5.74, 6) is 0. The normalized spacial score (nSPS) is 12.3. The highest BCUT2D eigenvalue weighted by atomic mass is 14.9. The number of hydrogen-bond acceptors (Lipinski definition) is 0. The third-order valence-electron chi connectivity index (χ3n) is 18.5. The first kappa shape index (κ1) is 72.1. The van der Waals surface area contributed by atoms with Crippen LogP contribution in [0.4, 0.5) is 0 Å². The smallest absolute Gasteiger partial charge is 0.201 e. The van der Waals surface area contributed by atoms with Crippen LogP contribution in [0.25, 0.3) is 56.3 Å². The van der Waals surface area contributed by atoms with Gasteiger partial charge < -0.3 is 0 Å². The largest absolute Gasteiger partial charge is 0.212 e. The molecule has 0 aliphatic carbocycles. The van der Waals surface area contributed by atoms with Gasteiger partial charge in [0.05, 0.1) is 0 Å². The summed E-state index contributed by atoms with van der Waals surface area (Å²) in [5.41, 5.74) is 33.6. The molecule has 5 aromatic heterocycles. The molecule has 5 heterocycles. The van der Waals surface area contributed by atoms with E-state index in [9.17, 15) is 0 Å². The predicted molar refractivity (Wildman–Crippen MR) is 411 cm³/mol. The van der Waals surface area contributed by atoms with Gasteiger partial charge in [-0.05, 0) is 190 Å². The summed E-state index contributed by atoms with van der Waals surface area (Å²) >= 11 is 0. The van der Waals surface area contributed by atoms with E-state index in [1.54, 1.807) is 12.1 Å². The summed E-state index contributed by atoms with van der Waals surface area (Å²) in [7, 11) is 10.6. The highest BCUT2D eigenvalue weighted by molar-refractivity contribution is 5.66. The molecule has 0 amide bonds. The van der Waals surface area contributed by atoms with Crippen LogP contribution in [0.1, 0.15) is 197 Å². The van der Waals surface area contributed by atoms with E-state index in [4.69, 9.17) is 4.11 Å². The van der Waals surface area contributed by atoms with Crippen LogP contribution < -0.4 is 22.8 Å². The Morgan fingerprint density at radius 1 is 0.240 bits per heavy atom.